The molecule has 1 aromatic carbocycles. The van der Waals surface area contributed by atoms with Crippen LogP contribution in [0.1, 0.15) is 29.2 Å². The lowest BCUT2D eigenvalue weighted by Crippen LogP contribution is -2.24. The smallest absolute Gasteiger partial charge is 0.122 e. The number of hydrogen-bond acceptors (Lipinski definition) is 4. The van der Waals surface area contributed by atoms with Gasteiger partial charge in [-0.2, -0.15) is 0 Å². The van der Waals surface area contributed by atoms with Crippen LogP contribution in [-0.2, 0) is 0 Å². The van der Waals surface area contributed by atoms with Crippen molar-refractivity contribution >= 4 is 0 Å². The molecule has 0 saturated heterocycles. The van der Waals surface area contributed by atoms with E-state index in [-0.39, 0.29) is 0 Å². The predicted molar refractivity (Wildman–Crippen MR) is 72.0 cm³/mol. The quantitative estimate of drug-likeness (QED) is 0.715. The number of benzene rings is 1. The van der Waals surface area contributed by atoms with Crippen LogP contribution in [0.15, 0.2) is 12.1 Å². The van der Waals surface area contributed by atoms with Crippen LogP contribution < -0.4 is 10.1 Å². The van der Waals surface area contributed by atoms with E-state index in [0.717, 1.165) is 22.4 Å². The van der Waals surface area contributed by atoms with Crippen molar-refractivity contribution in [3.05, 3.63) is 28.8 Å². The summed E-state index contributed by atoms with van der Waals surface area (Å²) in [6, 6.07) is 3.76. The lowest BCUT2D eigenvalue weighted by molar-refractivity contribution is 0.0136. The van der Waals surface area contributed by atoms with Crippen LogP contribution in [0, 0.1) is 13.8 Å². The van der Waals surface area contributed by atoms with Crippen molar-refractivity contribution in [3.63, 3.8) is 0 Å². The lowest BCUT2D eigenvalue weighted by Gasteiger charge is -2.21. The van der Waals surface area contributed by atoms with Crippen molar-refractivity contribution in [2.24, 2.45) is 0 Å². The number of aliphatic hydroxyl groups excluding tert-OH is 2. The van der Waals surface area contributed by atoms with E-state index < -0.39 is 12.2 Å². The summed E-state index contributed by atoms with van der Waals surface area (Å²) >= 11 is 0. The molecule has 0 aliphatic rings. The molecule has 2 atom stereocenters. The van der Waals surface area contributed by atoms with E-state index in [1.807, 2.05) is 33.0 Å². The second-order valence-corrected chi connectivity index (χ2v) is 4.58. The van der Waals surface area contributed by atoms with Crippen molar-refractivity contribution in [2.75, 3.05) is 20.7 Å². The molecule has 4 heteroatoms. The number of aryl methyl sites for hydroxylation is 2. The number of aliphatic hydroxyl groups is 2. The first-order valence-corrected chi connectivity index (χ1v) is 6.17. The molecule has 0 heterocycles. The molecule has 0 aliphatic heterocycles. The first kappa shape index (κ1) is 15.0. The van der Waals surface area contributed by atoms with Crippen LogP contribution in [0.3, 0.4) is 0 Å². The standard InChI is InChI=1S/C14H23NO3/c1-9-8-13(18-4)10(2)7-11(9)14(17)12(16)5-6-15-3/h7-8,12,14-17H,5-6H2,1-4H3. The van der Waals surface area contributed by atoms with E-state index in [1.54, 1.807) is 7.11 Å². The Morgan fingerprint density at radius 2 is 1.89 bits per heavy atom. The van der Waals surface area contributed by atoms with Crippen LogP contribution in [0.25, 0.3) is 0 Å². The van der Waals surface area contributed by atoms with E-state index in [1.165, 1.54) is 0 Å². The molecule has 0 bridgehead atoms. The van der Waals surface area contributed by atoms with Crippen LogP contribution in [0.4, 0.5) is 0 Å². The molecule has 0 amide bonds. The monoisotopic (exact) mass is 253 g/mol. The van der Waals surface area contributed by atoms with Gasteiger partial charge in [0.25, 0.3) is 0 Å². The van der Waals surface area contributed by atoms with Gasteiger partial charge >= 0.3 is 0 Å². The topological polar surface area (TPSA) is 61.7 Å². The molecule has 1 aromatic rings. The van der Waals surface area contributed by atoms with Crippen molar-refractivity contribution in [3.8, 4) is 5.75 Å². The minimum absolute atomic E-state index is 0.516. The molecule has 1 rings (SSSR count). The normalized spacial score (nSPS) is 14.3. The number of methoxy groups -OCH3 is 1. The van der Waals surface area contributed by atoms with Crippen LogP contribution in [0.2, 0.25) is 0 Å². The lowest BCUT2D eigenvalue weighted by atomic mass is 9.95. The van der Waals surface area contributed by atoms with Gasteiger partial charge in [0.1, 0.15) is 11.9 Å². The molecule has 102 valence electrons. The van der Waals surface area contributed by atoms with E-state index >= 15 is 0 Å². The molecule has 0 fully saturated rings. The number of nitrogens with one attached hydrogen (secondary N) is 1. The summed E-state index contributed by atoms with van der Waals surface area (Å²) in [4.78, 5) is 0. The zero-order valence-corrected chi connectivity index (χ0v) is 11.5. The van der Waals surface area contributed by atoms with Gasteiger partial charge in [-0.05, 0) is 62.7 Å². The number of rotatable bonds is 6. The molecular weight excluding hydrogens is 230 g/mol. The molecule has 0 spiro atoms. The fourth-order valence-electron chi connectivity index (χ4n) is 2.01. The molecule has 0 radical (unpaired) electrons. The Hall–Kier alpha value is -1.10. The Morgan fingerprint density at radius 3 is 2.44 bits per heavy atom. The third kappa shape index (κ3) is 3.45. The summed E-state index contributed by atoms with van der Waals surface area (Å²) in [6.45, 7) is 4.51. The van der Waals surface area contributed by atoms with Gasteiger partial charge in [0.15, 0.2) is 0 Å². The summed E-state index contributed by atoms with van der Waals surface area (Å²) < 4.78 is 5.23. The fourth-order valence-corrected chi connectivity index (χ4v) is 2.01. The van der Waals surface area contributed by atoms with Gasteiger partial charge in [-0.3, -0.25) is 0 Å². The van der Waals surface area contributed by atoms with Gasteiger partial charge in [-0.1, -0.05) is 0 Å². The molecule has 0 saturated carbocycles. The summed E-state index contributed by atoms with van der Waals surface area (Å²) in [5.74, 6) is 0.799. The van der Waals surface area contributed by atoms with Crippen molar-refractivity contribution in [1.29, 1.82) is 0 Å². The average Bonchev–Trinajstić information content (AvgIpc) is 2.37. The summed E-state index contributed by atoms with van der Waals surface area (Å²) in [6.07, 6.45) is -1.10. The van der Waals surface area contributed by atoms with E-state index in [0.29, 0.717) is 13.0 Å². The highest BCUT2D eigenvalue weighted by molar-refractivity contribution is 5.42. The van der Waals surface area contributed by atoms with Crippen LogP contribution >= 0.6 is 0 Å². The summed E-state index contributed by atoms with van der Waals surface area (Å²) in [5.41, 5.74) is 2.64. The van der Waals surface area contributed by atoms with Gasteiger partial charge in [0, 0.05) is 0 Å². The zero-order valence-electron chi connectivity index (χ0n) is 11.5. The third-order valence-corrected chi connectivity index (χ3v) is 3.16. The molecule has 4 nitrogen and oxygen atoms in total. The molecular formula is C14H23NO3. The van der Waals surface area contributed by atoms with Crippen molar-refractivity contribution < 1.29 is 14.9 Å². The van der Waals surface area contributed by atoms with Gasteiger partial charge < -0.3 is 20.3 Å². The second-order valence-electron chi connectivity index (χ2n) is 4.58. The minimum Gasteiger partial charge on any atom is -0.496 e. The molecule has 0 aromatic heterocycles. The predicted octanol–water partition coefficient (Wildman–Crippen LogP) is 1.32. The Kier molecular flexibility index (Phi) is 5.59. The minimum atomic E-state index is -0.858. The number of ether oxygens (including phenoxy) is 1. The van der Waals surface area contributed by atoms with E-state index in [2.05, 4.69) is 5.32 Å². The molecule has 3 N–H and O–H groups in total. The first-order chi connectivity index (χ1) is 8.51. The second kappa shape index (κ2) is 6.73. The van der Waals surface area contributed by atoms with Gasteiger partial charge in [0.2, 0.25) is 0 Å². The summed E-state index contributed by atoms with van der Waals surface area (Å²) in [7, 11) is 3.45. The largest absolute Gasteiger partial charge is 0.496 e. The summed E-state index contributed by atoms with van der Waals surface area (Å²) in [5, 5.41) is 23.0. The SMILES string of the molecule is CNCCC(O)C(O)c1cc(C)c(OC)cc1C. The highest BCUT2D eigenvalue weighted by atomic mass is 16.5. The van der Waals surface area contributed by atoms with Gasteiger partial charge in [-0.25, -0.2) is 0 Å². The Labute approximate surface area is 109 Å². The van der Waals surface area contributed by atoms with Crippen LogP contribution in [0.5, 0.6) is 5.75 Å². The Bertz CT molecular complexity index is 393. The van der Waals surface area contributed by atoms with Crippen molar-refractivity contribution in [1.82, 2.24) is 5.32 Å². The Balaban J connectivity index is 2.91. The maximum Gasteiger partial charge on any atom is 0.122 e. The number of hydrogen-bond donors (Lipinski definition) is 3. The van der Waals surface area contributed by atoms with Gasteiger partial charge in [0.05, 0.1) is 13.2 Å². The fraction of sp³-hybridized carbons (Fsp3) is 0.571. The van der Waals surface area contributed by atoms with Crippen molar-refractivity contribution in [2.45, 2.75) is 32.5 Å². The van der Waals surface area contributed by atoms with E-state index in [4.69, 9.17) is 4.74 Å². The highest BCUT2D eigenvalue weighted by Gasteiger charge is 2.20. The van der Waals surface area contributed by atoms with Crippen LogP contribution in [-0.4, -0.2) is 37.0 Å². The third-order valence-electron chi connectivity index (χ3n) is 3.16. The average molecular weight is 253 g/mol. The van der Waals surface area contributed by atoms with E-state index in [9.17, 15) is 10.2 Å². The zero-order chi connectivity index (χ0) is 13.7. The first-order valence-electron chi connectivity index (χ1n) is 6.17. The Morgan fingerprint density at radius 1 is 1.22 bits per heavy atom. The maximum atomic E-state index is 10.2. The molecule has 2 unspecified atom stereocenters. The molecule has 0 aliphatic carbocycles. The maximum absolute atomic E-state index is 10.2. The van der Waals surface area contributed by atoms with Gasteiger partial charge in [-0.15, -0.1) is 0 Å². The highest BCUT2D eigenvalue weighted by Crippen LogP contribution is 2.28. The molecule has 18 heavy (non-hydrogen) atoms.